The SMILES string of the molecule is CCN(Cc1nc2ccccc2c(=O)[nH]1)C(=O)[C@H]1COc2ccc(Cl)cc2C1. The Bertz CT molecular complexity index is 1100. The van der Waals surface area contributed by atoms with Crippen molar-refractivity contribution in [1.29, 1.82) is 0 Å². The second-order valence-electron chi connectivity index (χ2n) is 6.85. The zero-order valence-corrected chi connectivity index (χ0v) is 16.2. The average Bonchev–Trinajstić information content (AvgIpc) is 2.71. The number of para-hydroxylation sites is 1. The van der Waals surface area contributed by atoms with E-state index in [-0.39, 0.29) is 23.9 Å². The molecular formula is C21H20ClN3O3. The minimum Gasteiger partial charge on any atom is -0.492 e. The average molecular weight is 398 g/mol. The minimum atomic E-state index is -0.293. The molecule has 1 N–H and O–H groups in total. The van der Waals surface area contributed by atoms with Crippen molar-refractivity contribution >= 4 is 28.4 Å². The number of halogens is 1. The Morgan fingerprint density at radius 3 is 2.96 bits per heavy atom. The van der Waals surface area contributed by atoms with Crippen LogP contribution < -0.4 is 10.3 Å². The van der Waals surface area contributed by atoms with Crippen LogP contribution in [0.25, 0.3) is 10.9 Å². The van der Waals surface area contributed by atoms with Gasteiger partial charge >= 0.3 is 0 Å². The first-order valence-corrected chi connectivity index (χ1v) is 9.61. The summed E-state index contributed by atoms with van der Waals surface area (Å²) in [5, 5.41) is 1.16. The van der Waals surface area contributed by atoms with Crippen LogP contribution >= 0.6 is 11.6 Å². The fourth-order valence-electron chi connectivity index (χ4n) is 3.52. The van der Waals surface area contributed by atoms with Gasteiger partial charge in [0.25, 0.3) is 5.56 Å². The monoisotopic (exact) mass is 397 g/mol. The van der Waals surface area contributed by atoms with Gasteiger partial charge in [-0.15, -0.1) is 0 Å². The highest BCUT2D eigenvalue weighted by atomic mass is 35.5. The molecule has 4 rings (SSSR count). The third-order valence-corrected chi connectivity index (χ3v) is 5.21. The smallest absolute Gasteiger partial charge is 0.258 e. The normalized spacial score (nSPS) is 15.7. The van der Waals surface area contributed by atoms with Gasteiger partial charge in [0.2, 0.25) is 5.91 Å². The summed E-state index contributed by atoms with van der Waals surface area (Å²) in [7, 11) is 0. The molecule has 1 aliphatic heterocycles. The van der Waals surface area contributed by atoms with E-state index in [0.29, 0.717) is 41.3 Å². The van der Waals surface area contributed by atoms with E-state index in [4.69, 9.17) is 16.3 Å². The molecule has 28 heavy (non-hydrogen) atoms. The molecule has 0 fully saturated rings. The van der Waals surface area contributed by atoms with Gasteiger partial charge in [0, 0.05) is 11.6 Å². The number of carbonyl (C=O) groups is 1. The molecule has 2 aromatic carbocycles. The Hall–Kier alpha value is -2.86. The maximum atomic E-state index is 13.1. The summed E-state index contributed by atoms with van der Waals surface area (Å²) in [4.78, 5) is 34.3. The molecule has 3 aromatic rings. The lowest BCUT2D eigenvalue weighted by Crippen LogP contribution is -2.41. The molecule has 7 heteroatoms. The standard InChI is InChI=1S/C21H20ClN3O3/c1-2-25(11-19-23-17-6-4-3-5-16(17)20(26)24-19)21(27)14-9-13-10-15(22)7-8-18(13)28-12-14/h3-8,10,14H,2,9,11-12H2,1H3,(H,23,24,26)/t14-/m1/s1. The minimum absolute atomic E-state index is 0.0241. The Labute approximate surface area is 167 Å². The molecule has 6 nitrogen and oxygen atoms in total. The van der Waals surface area contributed by atoms with E-state index < -0.39 is 0 Å². The van der Waals surface area contributed by atoms with Crippen molar-refractivity contribution < 1.29 is 9.53 Å². The molecular weight excluding hydrogens is 378 g/mol. The van der Waals surface area contributed by atoms with Crippen LogP contribution in [-0.4, -0.2) is 33.9 Å². The number of rotatable bonds is 4. The highest BCUT2D eigenvalue weighted by molar-refractivity contribution is 6.30. The Morgan fingerprint density at radius 1 is 1.32 bits per heavy atom. The number of H-pyrrole nitrogens is 1. The quantitative estimate of drug-likeness (QED) is 0.733. The van der Waals surface area contributed by atoms with E-state index in [1.54, 1.807) is 29.2 Å². The predicted octanol–water partition coefficient (Wildman–Crippen LogP) is 3.18. The van der Waals surface area contributed by atoms with E-state index in [0.717, 1.165) is 11.3 Å². The van der Waals surface area contributed by atoms with Gasteiger partial charge in [-0.2, -0.15) is 0 Å². The zero-order valence-electron chi connectivity index (χ0n) is 15.4. The van der Waals surface area contributed by atoms with Crippen LogP contribution in [0.5, 0.6) is 5.75 Å². The van der Waals surface area contributed by atoms with E-state index >= 15 is 0 Å². The fraction of sp³-hybridized carbons (Fsp3) is 0.286. The van der Waals surface area contributed by atoms with Gasteiger partial charge in [0.1, 0.15) is 18.2 Å². The first-order chi connectivity index (χ1) is 13.5. The number of nitrogens with one attached hydrogen (secondary N) is 1. The maximum absolute atomic E-state index is 13.1. The molecule has 0 bridgehead atoms. The Morgan fingerprint density at radius 2 is 2.14 bits per heavy atom. The van der Waals surface area contributed by atoms with Crippen LogP contribution in [0.4, 0.5) is 0 Å². The van der Waals surface area contributed by atoms with Gasteiger partial charge in [-0.1, -0.05) is 23.7 Å². The summed E-state index contributed by atoms with van der Waals surface area (Å²) in [5.74, 6) is 0.929. The first kappa shape index (κ1) is 18.5. The van der Waals surface area contributed by atoms with E-state index in [1.807, 2.05) is 25.1 Å². The number of carbonyl (C=O) groups excluding carboxylic acids is 1. The van der Waals surface area contributed by atoms with Crippen molar-refractivity contribution in [2.75, 3.05) is 13.2 Å². The molecule has 0 saturated heterocycles. The zero-order chi connectivity index (χ0) is 19.7. The molecule has 1 amide bonds. The molecule has 1 aliphatic rings. The van der Waals surface area contributed by atoms with E-state index in [2.05, 4.69) is 9.97 Å². The van der Waals surface area contributed by atoms with Crippen LogP contribution in [0.3, 0.4) is 0 Å². The van der Waals surface area contributed by atoms with Crippen LogP contribution in [-0.2, 0) is 17.8 Å². The third-order valence-electron chi connectivity index (χ3n) is 4.97. The second-order valence-corrected chi connectivity index (χ2v) is 7.28. The Kier molecular flexibility index (Phi) is 5.05. The number of hydrogen-bond donors (Lipinski definition) is 1. The number of ether oxygens (including phenoxy) is 1. The lowest BCUT2D eigenvalue weighted by Gasteiger charge is -2.29. The molecule has 0 spiro atoms. The van der Waals surface area contributed by atoms with Crippen LogP contribution in [0.15, 0.2) is 47.3 Å². The molecule has 0 aliphatic carbocycles. The maximum Gasteiger partial charge on any atom is 0.258 e. The van der Waals surface area contributed by atoms with Gasteiger partial charge in [0.05, 0.1) is 23.4 Å². The topological polar surface area (TPSA) is 75.3 Å². The van der Waals surface area contributed by atoms with Crippen molar-refractivity contribution in [1.82, 2.24) is 14.9 Å². The number of aromatic nitrogens is 2. The molecule has 144 valence electrons. The summed E-state index contributed by atoms with van der Waals surface area (Å²) < 4.78 is 5.75. The van der Waals surface area contributed by atoms with Crippen LogP contribution in [0.2, 0.25) is 5.02 Å². The predicted molar refractivity (Wildman–Crippen MR) is 108 cm³/mol. The molecule has 1 aromatic heterocycles. The lowest BCUT2D eigenvalue weighted by molar-refractivity contribution is -0.137. The fourth-order valence-corrected chi connectivity index (χ4v) is 3.71. The number of aromatic amines is 1. The van der Waals surface area contributed by atoms with Crippen molar-refractivity contribution in [3.63, 3.8) is 0 Å². The van der Waals surface area contributed by atoms with Crippen molar-refractivity contribution in [3.8, 4) is 5.75 Å². The van der Waals surface area contributed by atoms with Crippen LogP contribution in [0, 0.1) is 5.92 Å². The first-order valence-electron chi connectivity index (χ1n) is 9.23. The third kappa shape index (κ3) is 3.60. The van der Waals surface area contributed by atoms with Crippen molar-refractivity contribution in [2.45, 2.75) is 19.9 Å². The highest BCUT2D eigenvalue weighted by Gasteiger charge is 2.29. The lowest BCUT2D eigenvalue weighted by atomic mass is 9.95. The largest absolute Gasteiger partial charge is 0.492 e. The van der Waals surface area contributed by atoms with Crippen LogP contribution in [0.1, 0.15) is 18.3 Å². The van der Waals surface area contributed by atoms with Gasteiger partial charge in [-0.05, 0) is 49.2 Å². The van der Waals surface area contributed by atoms with Gasteiger partial charge in [-0.25, -0.2) is 4.98 Å². The summed E-state index contributed by atoms with van der Waals surface area (Å²) in [6.45, 7) is 2.99. The van der Waals surface area contributed by atoms with E-state index in [1.165, 1.54) is 0 Å². The molecule has 1 atom stereocenters. The van der Waals surface area contributed by atoms with Crippen molar-refractivity contribution in [3.05, 3.63) is 69.2 Å². The van der Waals surface area contributed by atoms with Crippen molar-refractivity contribution in [2.24, 2.45) is 5.92 Å². The van der Waals surface area contributed by atoms with Gasteiger partial charge in [0.15, 0.2) is 0 Å². The number of fused-ring (bicyclic) bond motifs is 2. The number of nitrogens with zero attached hydrogens (tertiary/aromatic N) is 2. The van der Waals surface area contributed by atoms with Gasteiger partial charge < -0.3 is 14.6 Å². The van der Waals surface area contributed by atoms with E-state index in [9.17, 15) is 9.59 Å². The summed E-state index contributed by atoms with van der Waals surface area (Å²) in [6.07, 6.45) is 0.576. The molecule has 0 unspecified atom stereocenters. The molecule has 2 heterocycles. The number of amides is 1. The summed E-state index contributed by atoms with van der Waals surface area (Å²) in [5.41, 5.74) is 1.35. The second kappa shape index (κ2) is 7.64. The Balaban J connectivity index is 1.54. The molecule has 0 saturated carbocycles. The van der Waals surface area contributed by atoms with Gasteiger partial charge in [-0.3, -0.25) is 9.59 Å². The number of hydrogen-bond acceptors (Lipinski definition) is 4. The number of benzene rings is 2. The summed E-state index contributed by atoms with van der Waals surface area (Å²) >= 11 is 6.07. The highest BCUT2D eigenvalue weighted by Crippen LogP contribution is 2.30. The molecule has 0 radical (unpaired) electrons. The summed E-state index contributed by atoms with van der Waals surface area (Å²) in [6, 6.07) is 12.6.